The van der Waals surface area contributed by atoms with Crippen LogP contribution in [-0.2, 0) is 4.79 Å². The first-order valence-electron chi connectivity index (χ1n) is 4.65. The molecule has 0 aromatic rings. The average molecular weight is 180 g/mol. The quantitative estimate of drug-likeness (QED) is 0.671. The topological polar surface area (TPSA) is 55.4 Å². The molecule has 3 heteroatoms. The molecule has 1 fully saturated rings. The van der Waals surface area contributed by atoms with Gasteiger partial charge < -0.3 is 5.73 Å². The Morgan fingerprint density at radius 1 is 1.62 bits per heavy atom. The summed E-state index contributed by atoms with van der Waals surface area (Å²) in [4.78, 5) is 14.8. The second kappa shape index (κ2) is 4.80. The summed E-state index contributed by atoms with van der Waals surface area (Å²) >= 11 is 0. The predicted molar refractivity (Wildman–Crippen MR) is 53.4 cm³/mol. The molecule has 0 aliphatic heterocycles. The van der Waals surface area contributed by atoms with E-state index >= 15 is 0 Å². The molecule has 0 amide bonds. The van der Waals surface area contributed by atoms with Crippen LogP contribution in [0.2, 0.25) is 0 Å². The summed E-state index contributed by atoms with van der Waals surface area (Å²) in [5.41, 5.74) is 6.21. The fourth-order valence-electron chi connectivity index (χ4n) is 1.68. The standard InChI is InChI=1S/C10H16N2O/c1-12-9(7-11)6-8-2-4-10(13)5-3-8/h7-8H,1-6,11H2/b9-7-. The maximum atomic E-state index is 11.0. The van der Waals surface area contributed by atoms with E-state index in [4.69, 9.17) is 5.73 Å². The largest absolute Gasteiger partial charge is 0.403 e. The van der Waals surface area contributed by atoms with E-state index in [1.807, 2.05) is 0 Å². The lowest BCUT2D eigenvalue weighted by atomic mass is 9.85. The van der Waals surface area contributed by atoms with E-state index in [0.717, 1.165) is 37.8 Å². The number of hydrogen-bond acceptors (Lipinski definition) is 3. The normalized spacial score (nSPS) is 20.3. The van der Waals surface area contributed by atoms with Crippen molar-refractivity contribution >= 4 is 12.5 Å². The molecule has 1 saturated carbocycles. The molecule has 1 aliphatic rings. The van der Waals surface area contributed by atoms with Gasteiger partial charge in [0.1, 0.15) is 5.78 Å². The molecule has 0 atom stereocenters. The van der Waals surface area contributed by atoms with Gasteiger partial charge in [-0.05, 0) is 31.9 Å². The fourth-order valence-corrected chi connectivity index (χ4v) is 1.68. The van der Waals surface area contributed by atoms with Crippen LogP contribution in [0.3, 0.4) is 0 Å². The van der Waals surface area contributed by atoms with Gasteiger partial charge in [-0.15, -0.1) is 0 Å². The van der Waals surface area contributed by atoms with E-state index in [-0.39, 0.29) is 0 Å². The summed E-state index contributed by atoms with van der Waals surface area (Å²) in [5.74, 6) is 0.957. The minimum absolute atomic E-state index is 0.390. The zero-order valence-corrected chi connectivity index (χ0v) is 7.83. The van der Waals surface area contributed by atoms with Crippen LogP contribution in [-0.4, -0.2) is 12.5 Å². The van der Waals surface area contributed by atoms with Gasteiger partial charge in [-0.2, -0.15) is 0 Å². The zero-order chi connectivity index (χ0) is 9.68. The molecule has 0 radical (unpaired) electrons. The van der Waals surface area contributed by atoms with Gasteiger partial charge in [0.15, 0.2) is 0 Å². The van der Waals surface area contributed by atoms with Gasteiger partial charge in [0, 0.05) is 19.0 Å². The molecule has 0 aromatic carbocycles. The summed E-state index contributed by atoms with van der Waals surface area (Å²) < 4.78 is 0. The van der Waals surface area contributed by atoms with Crippen molar-refractivity contribution in [1.29, 1.82) is 0 Å². The van der Waals surface area contributed by atoms with Gasteiger partial charge >= 0.3 is 0 Å². The van der Waals surface area contributed by atoms with E-state index in [1.165, 1.54) is 6.20 Å². The van der Waals surface area contributed by atoms with Crippen LogP contribution in [0.25, 0.3) is 0 Å². The van der Waals surface area contributed by atoms with E-state index in [0.29, 0.717) is 11.7 Å². The Hall–Kier alpha value is -1.12. The molecule has 72 valence electrons. The van der Waals surface area contributed by atoms with Gasteiger partial charge in [0.25, 0.3) is 0 Å². The van der Waals surface area contributed by atoms with Gasteiger partial charge in [0.2, 0.25) is 0 Å². The molecular weight excluding hydrogens is 164 g/mol. The van der Waals surface area contributed by atoms with E-state index in [1.54, 1.807) is 0 Å². The average Bonchev–Trinajstić information content (AvgIpc) is 2.17. The Kier molecular flexibility index (Phi) is 3.68. The maximum Gasteiger partial charge on any atom is 0.132 e. The van der Waals surface area contributed by atoms with Crippen molar-refractivity contribution in [1.82, 2.24) is 0 Å². The first-order chi connectivity index (χ1) is 6.26. The molecule has 0 saturated heterocycles. The zero-order valence-electron chi connectivity index (χ0n) is 7.83. The minimum Gasteiger partial charge on any atom is -0.403 e. The Morgan fingerprint density at radius 3 is 2.69 bits per heavy atom. The molecule has 0 heterocycles. The number of nitrogens with zero attached hydrogens (tertiary/aromatic N) is 1. The Bertz CT molecular complexity index is 223. The van der Waals surface area contributed by atoms with Crippen molar-refractivity contribution in [3.8, 4) is 0 Å². The van der Waals surface area contributed by atoms with Crippen LogP contribution in [0.15, 0.2) is 16.9 Å². The SMILES string of the molecule is C=N/C(=C\N)CC1CCC(=O)CC1. The number of ketones is 1. The molecule has 0 spiro atoms. The Balaban J connectivity index is 2.37. The molecule has 13 heavy (non-hydrogen) atoms. The molecule has 2 N–H and O–H groups in total. The molecule has 1 aliphatic carbocycles. The molecular formula is C10H16N2O. The van der Waals surface area contributed by atoms with Crippen LogP contribution in [0, 0.1) is 5.92 Å². The third-order valence-electron chi connectivity index (χ3n) is 2.56. The molecule has 0 unspecified atom stereocenters. The molecule has 0 aromatic heterocycles. The summed E-state index contributed by atoms with van der Waals surface area (Å²) in [5, 5.41) is 0. The monoisotopic (exact) mass is 180 g/mol. The Morgan fingerprint density at radius 2 is 2.23 bits per heavy atom. The lowest BCUT2D eigenvalue weighted by Crippen LogP contribution is -2.14. The number of carbonyl (C=O) groups excluding carboxylic acids is 1. The van der Waals surface area contributed by atoms with Crippen molar-refractivity contribution in [2.24, 2.45) is 16.6 Å². The molecule has 0 bridgehead atoms. The lowest BCUT2D eigenvalue weighted by molar-refractivity contribution is -0.120. The second-order valence-electron chi connectivity index (χ2n) is 3.50. The number of carbonyl (C=O) groups is 1. The molecule has 1 rings (SSSR count). The lowest BCUT2D eigenvalue weighted by Gasteiger charge is -2.20. The highest BCUT2D eigenvalue weighted by Crippen LogP contribution is 2.27. The summed E-state index contributed by atoms with van der Waals surface area (Å²) in [6.07, 6.45) is 5.77. The van der Waals surface area contributed by atoms with Crippen molar-refractivity contribution in [2.45, 2.75) is 32.1 Å². The number of Topliss-reactive ketones (excluding diaryl/α,β-unsaturated/α-hetero) is 1. The van der Waals surface area contributed by atoms with Crippen molar-refractivity contribution in [2.75, 3.05) is 0 Å². The van der Waals surface area contributed by atoms with Crippen LogP contribution < -0.4 is 5.73 Å². The molecule has 3 nitrogen and oxygen atoms in total. The first kappa shape index (κ1) is 9.96. The highest BCUT2D eigenvalue weighted by atomic mass is 16.1. The van der Waals surface area contributed by atoms with Crippen LogP contribution in [0.4, 0.5) is 0 Å². The number of hydrogen-bond donors (Lipinski definition) is 1. The third-order valence-corrected chi connectivity index (χ3v) is 2.56. The fraction of sp³-hybridized carbons (Fsp3) is 0.600. The number of nitrogens with two attached hydrogens (primary N) is 1. The number of allylic oxidation sites excluding steroid dienone is 1. The van der Waals surface area contributed by atoms with E-state index in [9.17, 15) is 4.79 Å². The maximum absolute atomic E-state index is 11.0. The highest BCUT2D eigenvalue weighted by Gasteiger charge is 2.19. The first-order valence-corrected chi connectivity index (χ1v) is 4.65. The van der Waals surface area contributed by atoms with Gasteiger partial charge in [-0.3, -0.25) is 9.79 Å². The predicted octanol–water partition coefficient (Wildman–Crippen LogP) is 1.64. The summed E-state index contributed by atoms with van der Waals surface area (Å²) in [6.45, 7) is 3.45. The second-order valence-corrected chi connectivity index (χ2v) is 3.50. The van der Waals surface area contributed by atoms with Gasteiger partial charge in [-0.25, -0.2) is 0 Å². The number of aliphatic imine (C=N–C) groups is 1. The van der Waals surface area contributed by atoms with Crippen molar-refractivity contribution < 1.29 is 4.79 Å². The number of rotatable bonds is 3. The highest BCUT2D eigenvalue weighted by molar-refractivity contribution is 5.79. The third kappa shape index (κ3) is 3.01. The van der Waals surface area contributed by atoms with E-state index in [2.05, 4.69) is 11.7 Å². The van der Waals surface area contributed by atoms with Gasteiger partial charge in [-0.1, -0.05) is 0 Å². The Labute approximate surface area is 78.7 Å². The summed E-state index contributed by atoms with van der Waals surface area (Å²) in [6, 6.07) is 0. The smallest absolute Gasteiger partial charge is 0.132 e. The van der Waals surface area contributed by atoms with Crippen molar-refractivity contribution in [3.63, 3.8) is 0 Å². The summed E-state index contributed by atoms with van der Waals surface area (Å²) in [7, 11) is 0. The van der Waals surface area contributed by atoms with Gasteiger partial charge in [0.05, 0.1) is 5.70 Å². The van der Waals surface area contributed by atoms with E-state index < -0.39 is 0 Å². The van der Waals surface area contributed by atoms with Crippen LogP contribution in [0.5, 0.6) is 0 Å². The minimum atomic E-state index is 0.390. The van der Waals surface area contributed by atoms with Crippen LogP contribution >= 0.6 is 0 Å². The van der Waals surface area contributed by atoms with Crippen molar-refractivity contribution in [3.05, 3.63) is 11.9 Å². The van der Waals surface area contributed by atoms with Crippen LogP contribution in [0.1, 0.15) is 32.1 Å².